The summed E-state index contributed by atoms with van der Waals surface area (Å²) in [4.78, 5) is 23.3. The van der Waals surface area contributed by atoms with Gasteiger partial charge in [-0.2, -0.15) is 0 Å². The van der Waals surface area contributed by atoms with Gasteiger partial charge in [0.05, 0.1) is 7.11 Å². The summed E-state index contributed by atoms with van der Waals surface area (Å²) in [5.41, 5.74) is 7.14. The Bertz CT molecular complexity index is 954. The third kappa shape index (κ3) is 5.42. The molecule has 0 radical (unpaired) electrons. The lowest BCUT2D eigenvalue weighted by Gasteiger charge is -2.42. The van der Waals surface area contributed by atoms with Crippen molar-refractivity contribution in [3.8, 4) is 11.5 Å². The van der Waals surface area contributed by atoms with Crippen LogP contribution in [0.25, 0.3) is 6.08 Å². The average Bonchev–Trinajstić information content (AvgIpc) is 2.70. The molecule has 7 heteroatoms. The Morgan fingerprint density at radius 2 is 2.00 bits per heavy atom. The second-order valence-corrected chi connectivity index (χ2v) is 8.28. The third-order valence-electron chi connectivity index (χ3n) is 5.33. The van der Waals surface area contributed by atoms with Gasteiger partial charge in [0.2, 0.25) is 5.91 Å². The Labute approximate surface area is 184 Å². The number of carbonyl (C=O) groups excluding carboxylic acids is 2. The molecule has 0 aliphatic heterocycles. The molecule has 0 bridgehead atoms. The molecule has 3 N–H and O–H groups in total. The summed E-state index contributed by atoms with van der Waals surface area (Å²) in [7, 11) is 1.51. The summed E-state index contributed by atoms with van der Waals surface area (Å²) in [5, 5.41) is 3.04. The van der Waals surface area contributed by atoms with Crippen LogP contribution in [0.5, 0.6) is 11.5 Å². The van der Waals surface area contributed by atoms with Gasteiger partial charge in [0, 0.05) is 22.5 Å². The van der Waals surface area contributed by atoms with Gasteiger partial charge in [-0.15, -0.1) is 0 Å². The van der Waals surface area contributed by atoms with Crippen molar-refractivity contribution in [3.05, 3.63) is 64.1 Å². The van der Waals surface area contributed by atoms with Crippen molar-refractivity contribution >= 4 is 33.8 Å². The zero-order chi connectivity index (χ0) is 21.6. The minimum absolute atomic E-state index is 0.00984. The molecular formula is C23H25BrN2O4. The molecule has 158 valence electrons. The maximum absolute atomic E-state index is 12.4. The summed E-state index contributed by atoms with van der Waals surface area (Å²) in [6.45, 7) is 0.379. The molecule has 1 aliphatic rings. The van der Waals surface area contributed by atoms with Crippen LogP contribution in [0.4, 0.5) is 0 Å². The van der Waals surface area contributed by atoms with E-state index in [1.165, 1.54) is 25.2 Å². The van der Waals surface area contributed by atoms with Gasteiger partial charge < -0.3 is 20.5 Å². The standard InChI is InChI=1S/C23H25BrN2O4/c1-29-20-12-16(6-8-19(20)30-14-21(25)27)7-9-22(28)26-15-23(10-3-11-23)17-4-2-5-18(24)13-17/h2,4-9,12-13H,3,10-11,14-15H2,1H3,(H2,25,27)(H,26,28). The average molecular weight is 473 g/mol. The van der Waals surface area contributed by atoms with E-state index >= 15 is 0 Å². The number of ether oxygens (including phenoxy) is 2. The minimum Gasteiger partial charge on any atom is -0.493 e. The van der Waals surface area contributed by atoms with Gasteiger partial charge in [-0.05, 0) is 54.3 Å². The van der Waals surface area contributed by atoms with Crippen LogP contribution in [-0.2, 0) is 15.0 Å². The Hall–Kier alpha value is -2.80. The number of hydrogen-bond acceptors (Lipinski definition) is 4. The fourth-order valence-corrected chi connectivity index (χ4v) is 3.93. The second-order valence-electron chi connectivity index (χ2n) is 7.36. The predicted molar refractivity (Wildman–Crippen MR) is 119 cm³/mol. The predicted octanol–water partition coefficient (Wildman–Crippen LogP) is 3.57. The highest BCUT2D eigenvalue weighted by Gasteiger charge is 2.38. The van der Waals surface area contributed by atoms with Crippen molar-refractivity contribution in [1.29, 1.82) is 0 Å². The molecule has 0 spiro atoms. The van der Waals surface area contributed by atoms with E-state index in [1.54, 1.807) is 24.3 Å². The second kappa shape index (κ2) is 9.80. The van der Waals surface area contributed by atoms with Crippen molar-refractivity contribution in [1.82, 2.24) is 5.32 Å². The quantitative estimate of drug-likeness (QED) is 0.545. The molecule has 1 saturated carbocycles. The molecule has 3 rings (SSSR count). The van der Waals surface area contributed by atoms with Gasteiger partial charge >= 0.3 is 0 Å². The SMILES string of the molecule is COc1cc(C=CC(=O)NCC2(c3cccc(Br)c3)CCC2)ccc1OCC(N)=O. The van der Waals surface area contributed by atoms with E-state index in [4.69, 9.17) is 15.2 Å². The third-order valence-corrected chi connectivity index (χ3v) is 5.83. The van der Waals surface area contributed by atoms with E-state index in [0.717, 1.165) is 22.9 Å². The van der Waals surface area contributed by atoms with Gasteiger partial charge in [-0.3, -0.25) is 9.59 Å². The monoisotopic (exact) mass is 472 g/mol. The van der Waals surface area contributed by atoms with Gasteiger partial charge in [0.25, 0.3) is 5.91 Å². The van der Waals surface area contributed by atoms with Gasteiger partial charge in [0.1, 0.15) is 0 Å². The highest BCUT2D eigenvalue weighted by atomic mass is 79.9. The summed E-state index contributed by atoms with van der Waals surface area (Å²) in [5.74, 6) is 0.162. The van der Waals surface area contributed by atoms with Crippen LogP contribution in [0.3, 0.4) is 0 Å². The summed E-state index contributed by atoms with van der Waals surface area (Å²) in [6, 6.07) is 13.5. The fourth-order valence-electron chi connectivity index (χ4n) is 3.53. The van der Waals surface area contributed by atoms with Gasteiger partial charge in [-0.1, -0.05) is 40.5 Å². The Morgan fingerprint density at radius 1 is 1.20 bits per heavy atom. The molecule has 0 unspecified atom stereocenters. The minimum atomic E-state index is -0.565. The number of halogens is 1. The van der Waals surface area contributed by atoms with Crippen LogP contribution in [0.2, 0.25) is 0 Å². The molecule has 1 fully saturated rings. The molecule has 2 amide bonds. The van der Waals surface area contributed by atoms with Crippen LogP contribution < -0.4 is 20.5 Å². The van der Waals surface area contributed by atoms with Crippen molar-refractivity contribution in [2.24, 2.45) is 5.73 Å². The zero-order valence-corrected chi connectivity index (χ0v) is 18.4. The van der Waals surface area contributed by atoms with Crippen LogP contribution in [0, 0.1) is 0 Å². The molecule has 6 nitrogen and oxygen atoms in total. The molecule has 1 aliphatic carbocycles. The first-order valence-corrected chi connectivity index (χ1v) is 10.5. The van der Waals surface area contributed by atoms with E-state index in [1.807, 2.05) is 12.1 Å². The van der Waals surface area contributed by atoms with E-state index in [-0.39, 0.29) is 17.9 Å². The zero-order valence-electron chi connectivity index (χ0n) is 16.8. The van der Waals surface area contributed by atoms with E-state index in [0.29, 0.717) is 18.0 Å². The number of benzene rings is 2. The highest BCUT2D eigenvalue weighted by Crippen LogP contribution is 2.43. The maximum atomic E-state index is 12.4. The van der Waals surface area contributed by atoms with E-state index < -0.39 is 5.91 Å². The first-order valence-electron chi connectivity index (χ1n) is 9.73. The molecule has 0 atom stereocenters. The molecule has 2 aromatic rings. The van der Waals surface area contributed by atoms with E-state index in [9.17, 15) is 9.59 Å². The van der Waals surface area contributed by atoms with Crippen molar-refractivity contribution < 1.29 is 19.1 Å². The topological polar surface area (TPSA) is 90.7 Å². The lowest BCUT2D eigenvalue weighted by Crippen LogP contribution is -2.45. The Kier molecular flexibility index (Phi) is 7.15. The fraction of sp³-hybridized carbons (Fsp3) is 0.304. The van der Waals surface area contributed by atoms with Crippen molar-refractivity contribution in [3.63, 3.8) is 0 Å². The number of amides is 2. The van der Waals surface area contributed by atoms with Crippen LogP contribution in [0.15, 0.2) is 53.0 Å². The molecule has 0 saturated heterocycles. The van der Waals surface area contributed by atoms with Gasteiger partial charge in [-0.25, -0.2) is 0 Å². The number of hydrogen-bond donors (Lipinski definition) is 2. The van der Waals surface area contributed by atoms with E-state index in [2.05, 4.69) is 33.4 Å². The lowest BCUT2D eigenvalue weighted by atomic mass is 9.64. The normalized spacial score (nSPS) is 14.7. The van der Waals surface area contributed by atoms with Crippen molar-refractivity contribution in [2.75, 3.05) is 20.3 Å². The largest absolute Gasteiger partial charge is 0.493 e. The number of rotatable bonds is 9. The van der Waals surface area contributed by atoms with Crippen LogP contribution in [0.1, 0.15) is 30.4 Å². The van der Waals surface area contributed by atoms with Gasteiger partial charge in [0.15, 0.2) is 18.1 Å². The molecular weight excluding hydrogens is 448 g/mol. The summed E-state index contributed by atoms with van der Waals surface area (Å²) in [6.07, 6.45) is 6.52. The number of methoxy groups -OCH3 is 1. The number of nitrogens with one attached hydrogen (secondary N) is 1. The number of primary amides is 1. The Morgan fingerprint density at radius 3 is 2.63 bits per heavy atom. The smallest absolute Gasteiger partial charge is 0.255 e. The summed E-state index contributed by atoms with van der Waals surface area (Å²) >= 11 is 3.53. The van der Waals surface area contributed by atoms with Crippen LogP contribution >= 0.6 is 15.9 Å². The maximum Gasteiger partial charge on any atom is 0.255 e. The number of carbonyl (C=O) groups is 2. The van der Waals surface area contributed by atoms with Crippen molar-refractivity contribution in [2.45, 2.75) is 24.7 Å². The van der Waals surface area contributed by atoms with Crippen LogP contribution in [-0.4, -0.2) is 32.1 Å². The lowest BCUT2D eigenvalue weighted by molar-refractivity contribution is -0.120. The number of nitrogens with two attached hydrogens (primary N) is 1. The first kappa shape index (κ1) is 21.9. The molecule has 0 heterocycles. The Balaban J connectivity index is 1.61. The first-order chi connectivity index (χ1) is 14.4. The molecule has 0 aromatic heterocycles. The highest BCUT2D eigenvalue weighted by molar-refractivity contribution is 9.10. The molecule has 30 heavy (non-hydrogen) atoms. The molecule has 2 aromatic carbocycles. The summed E-state index contributed by atoms with van der Waals surface area (Å²) < 4.78 is 11.6.